The van der Waals surface area contributed by atoms with E-state index in [9.17, 15) is 24.0 Å². The molecule has 1 unspecified atom stereocenters. The van der Waals surface area contributed by atoms with E-state index in [1.165, 1.54) is 51.1 Å². The number of carbonyl (C=O) groups is 5. The van der Waals surface area contributed by atoms with Crippen LogP contribution in [-0.4, -0.2) is 29.7 Å². The van der Waals surface area contributed by atoms with Crippen molar-refractivity contribution in [1.29, 1.82) is 0 Å². The Labute approximate surface area is 188 Å². The average molecular weight is 456 g/mol. The van der Waals surface area contributed by atoms with E-state index in [-0.39, 0.29) is 46.3 Å². The van der Waals surface area contributed by atoms with Gasteiger partial charge in [-0.3, -0.25) is 24.0 Å². The molecular formula is C23H20O10. The molecule has 0 spiro atoms. The second-order valence-electron chi connectivity index (χ2n) is 7.07. The fourth-order valence-electron chi connectivity index (χ4n) is 3.35. The van der Waals surface area contributed by atoms with Crippen molar-refractivity contribution in [1.82, 2.24) is 0 Å². The monoisotopic (exact) mass is 456 g/mol. The first-order valence-electron chi connectivity index (χ1n) is 9.79. The molecule has 0 bridgehead atoms. The summed E-state index contributed by atoms with van der Waals surface area (Å²) in [4.78, 5) is 59.3. The van der Waals surface area contributed by atoms with Crippen LogP contribution in [-0.2, 0) is 19.2 Å². The first kappa shape index (κ1) is 23.5. The molecule has 2 aromatic rings. The van der Waals surface area contributed by atoms with E-state index in [0.717, 1.165) is 6.92 Å². The largest absolute Gasteiger partial charge is 0.484 e. The minimum atomic E-state index is -1.03. The van der Waals surface area contributed by atoms with E-state index in [1.807, 2.05) is 0 Å². The molecule has 172 valence electrons. The van der Waals surface area contributed by atoms with Crippen molar-refractivity contribution in [2.24, 2.45) is 0 Å². The maximum atomic E-state index is 13.1. The lowest BCUT2D eigenvalue weighted by Crippen LogP contribution is -2.23. The van der Waals surface area contributed by atoms with Crippen LogP contribution in [0.5, 0.6) is 28.7 Å². The Morgan fingerprint density at radius 1 is 0.788 bits per heavy atom. The van der Waals surface area contributed by atoms with Gasteiger partial charge in [0.25, 0.3) is 0 Å². The third-order valence-corrected chi connectivity index (χ3v) is 4.33. The summed E-state index contributed by atoms with van der Waals surface area (Å²) in [5.41, 5.74) is 0.144. The van der Waals surface area contributed by atoms with E-state index < -0.39 is 35.8 Å². The van der Waals surface area contributed by atoms with Gasteiger partial charge in [0.05, 0.1) is 12.0 Å². The summed E-state index contributed by atoms with van der Waals surface area (Å²) in [5, 5.41) is 0. The molecule has 1 aliphatic rings. The molecule has 0 aliphatic carbocycles. The molecule has 0 fully saturated rings. The van der Waals surface area contributed by atoms with Gasteiger partial charge in [-0.2, -0.15) is 0 Å². The predicted octanol–water partition coefficient (Wildman–Crippen LogP) is 3.09. The molecule has 0 amide bonds. The Kier molecular flexibility index (Phi) is 6.76. The zero-order valence-electron chi connectivity index (χ0n) is 18.3. The summed E-state index contributed by atoms with van der Waals surface area (Å²) in [5.74, 6) is -3.15. The van der Waals surface area contributed by atoms with Crippen LogP contribution in [0.4, 0.5) is 0 Å². The van der Waals surface area contributed by atoms with Crippen LogP contribution < -0.4 is 23.7 Å². The van der Waals surface area contributed by atoms with Crippen molar-refractivity contribution >= 4 is 29.7 Å². The second-order valence-corrected chi connectivity index (χ2v) is 7.07. The van der Waals surface area contributed by atoms with Gasteiger partial charge in [-0.25, -0.2) is 0 Å². The molecule has 0 radical (unpaired) electrons. The van der Waals surface area contributed by atoms with Crippen molar-refractivity contribution in [3.63, 3.8) is 0 Å². The molecule has 1 atom stereocenters. The van der Waals surface area contributed by atoms with Gasteiger partial charge in [0, 0.05) is 39.8 Å². The van der Waals surface area contributed by atoms with Gasteiger partial charge in [-0.1, -0.05) is 6.07 Å². The van der Waals surface area contributed by atoms with Crippen molar-refractivity contribution in [3.8, 4) is 28.7 Å². The summed E-state index contributed by atoms with van der Waals surface area (Å²) in [6, 6.07) is 6.98. The number of hydrogen-bond acceptors (Lipinski definition) is 10. The highest BCUT2D eigenvalue weighted by atomic mass is 16.6. The second kappa shape index (κ2) is 9.51. The third-order valence-electron chi connectivity index (χ3n) is 4.33. The van der Waals surface area contributed by atoms with E-state index in [0.29, 0.717) is 0 Å². The Hall–Kier alpha value is -4.21. The first-order valence-corrected chi connectivity index (χ1v) is 9.79. The van der Waals surface area contributed by atoms with Crippen molar-refractivity contribution < 1.29 is 47.7 Å². The lowest BCUT2D eigenvalue weighted by Gasteiger charge is -2.28. The van der Waals surface area contributed by atoms with E-state index in [1.54, 1.807) is 0 Å². The maximum Gasteiger partial charge on any atom is 0.308 e. The Bertz CT molecular complexity index is 1130. The highest BCUT2D eigenvalue weighted by Gasteiger charge is 2.35. The summed E-state index contributed by atoms with van der Waals surface area (Å²) in [6.45, 7) is 4.73. The van der Waals surface area contributed by atoms with Gasteiger partial charge in [0.2, 0.25) is 0 Å². The number of ketones is 1. The number of ether oxygens (including phenoxy) is 5. The van der Waals surface area contributed by atoms with Crippen molar-refractivity contribution in [2.45, 2.75) is 40.2 Å². The quantitative estimate of drug-likeness (QED) is 0.488. The van der Waals surface area contributed by atoms with Crippen LogP contribution in [0.2, 0.25) is 0 Å². The molecule has 33 heavy (non-hydrogen) atoms. The minimum absolute atomic E-state index is 0.0144. The van der Waals surface area contributed by atoms with Crippen molar-refractivity contribution in [2.75, 3.05) is 0 Å². The van der Waals surface area contributed by atoms with Crippen LogP contribution in [0.1, 0.15) is 56.1 Å². The van der Waals surface area contributed by atoms with Gasteiger partial charge in [0.15, 0.2) is 5.78 Å². The summed E-state index contributed by atoms with van der Waals surface area (Å²) < 4.78 is 26.7. The van der Waals surface area contributed by atoms with Gasteiger partial charge >= 0.3 is 23.9 Å². The zero-order valence-corrected chi connectivity index (χ0v) is 18.3. The number of hydrogen-bond donors (Lipinski definition) is 0. The molecule has 0 N–H and O–H groups in total. The highest BCUT2D eigenvalue weighted by molar-refractivity contribution is 6.03. The predicted molar refractivity (Wildman–Crippen MR) is 110 cm³/mol. The lowest BCUT2D eigenvalue weighted by molar-refractivity contribution is -0.133. The average Bonchev–Trinajstić information content (AvgIpc) is 2.65. The topological polar surface area (TPSA) is 132 Å². The molecule has 3 rings (SSSR count). The molecule has 1 aliphatic heterocycles. The zero-order chi connectivity index (χ0) is 24.3. The van der Waals surface area contributed by atoms with Gasteiger partial charge in [-0.15, -0.1) is 0 Å². The molecule has 10 heteroatoms. The Morgan fingerprint density at radius 3 is 1.82 bits per heavy atom. The van der Waals surface area contributed by atoms with Gasteiger partial charge < -0.3 is 23.7 Å². The molecular weight excluding hydrogens is 436 g/mol. The van der Waals surface area contributed by atoms with Crippen LogP contribution in [0.25, 0.3) is 0 Å². The van der Waals surface area contributed by atoms with E-state index in [4.69, 9.17) is 23.7 Å². The summed E-state index contributed by atoms with van der Waals surface area (Å²) in [7, 11) is 0. The minimum Gasteiger partial charge on any atom is -0.484 e. The number of benzene rings is 2. The number of carbonyl (C=O) groups excluding carboxylic acids is 5. The lowest BCUT2D eigenvalue weighted by atomic mass is 9.94. The fraction of sp³-hybridized carbons (Fsp3) is 0.261. The number of rotatable bonds is 5. The van der Waals surface area contributed by atoms with Crippen LogP contribution in [0, 0.1) is 0 Å². The fourth-order valence-corrected chi connectivity index (χ4v) is 3.35. The van der Waals surface area contributed by atoms with Crippen LogP contribution >= 0.6 is 0 Å². The van der Waals surface area contributed by atoms with E-state index >= 15 is 0 Å². The standard InChI is InChI=1S/C23H20O10/c1-11(24)29-15-8-19(32-14(4)27)22-16(28)10-21(33-20(22)9-15)23-17(30-12(2)25)6-5-7-18(23)31-13(3)26/h5-9,21H,10H2,1-4H3. The van der Waals surface area contributed by atoms with Gasteiger partial charge in [-0.05, 0) is 12.1 Å². The smallest absolute Gasteiger partial charge is 0.308 e. The maximum absolute atomic E-state index is 13.1. The molecule has 0 saturated heterocycles. The third kappa shape index (κ3) is 5.53. The number of esters is 4. The van der Waals surface area contributed by atoms with Crippen LogP contribution in [0.3, 0.4) is 0 Å². The highest BCUT2D eigenvalue weighted by Crippen LogP contribution is 2.46. The molecule has 2 aromatic carbocycles. The molecule has 0 saturated carbocycles. The Morgan fingerprint density at radius 2 is 1.30 bits per heavy atom. The summed E-state index contributed by atoms with van der Waals surface area (Å²) in [6.07, 6.45) is -1.28. The van der Waals surface area contributed by atoms with Crippen molar-refractivity contribution in [3.05, 3.63) is 41.5 Å². The van der Waals surface area contributed by atoms with E-state index in [2.05, 4.69) is 0 Å². The number of fused-ring (bicyclic) bond motifs is 1. The summed E-state index contributed by atoms with van der Waals surface area (Å²) >= 11 is 0. The molecule has 1 heterocycles. The number of Topliss-reactive ketones (excluding diaryl/α,β-unsaturated/α-hetero) is 1. The van der Waals surface area contributed by atoms with Gasteiger partial charge in [0.1, 0.15) is 40.4 Å². The molecule has 0 aromatic heterocycles. The van der Waals surface area contributed by atoms with Crippen LogP contribution in [0.15, 0.2) is 30.3 Å². The molecule has 10 nitrogen and oxygen atoms in total. The first-order chi connectivity index (χ1) is 15.5. The normalized spacial score (nSPS) is 14.4. The Balaban J connectivity index is 2.13. The SMILES string of the molecule is CC(=O)Oc1cc(OC(C)=O)c2c(c1)OC(c1c(OC(C)=O)cccc1OC(C)=O)CC2=O.